The Bertz CT molecular complexity index is 273. The van der Waals surface area contributed by atoms with Crippen molar-refractivity contribution in [3.8, 4) is 0 Å². The van der Waals surface area contributed by atoms with E-state index in [0.717, 1.165) is 6.42 Å². The molecule has 0 bridgehead atoms. The molecule has 0 radical (unpaired) electrons. The first kappa shape index (κ1) is 13.0. The van der Waals surface area contributed by atoms with Crippen LogP contribution in [0.3, 0.4) is 0 Å². The second-order valence-electron chi connectivity index (χ2n) is 4.48. The molecule has 0 spiro atoms. The molecule has 0 amide bonds. The average Bonchev–Trinajstić information content (AvgIpc) is 2.34. The molecule has 0 saturated carbocycles. The van der Waals surface area contributed by atoms with Crippen molar-refractivity contribution in [3.05, 3.63) is 48.6 Å². The van der Waals surface area contributed by atoms with Crippen LogP contribution in [-0.4, -0.2) is 0 Å². The zero-order valence-electron chi connectivity index (χ0n) is 10.5. The molecule has 0 aliphatic heterocycles. The zero-order chi connectivity index (χ0) is 11.6. The molecule has 0 nitrogen and oxygen atoms in total. The van der Waals surface area contributed by atoms with E-state index in [4.69, 9.17) is 0 Å². The lowest BCUT2D eigenvalue weighted by atomic mass is 9.90. The van der Waals surface area contributed by atoms with E-state index in [2.05, 4.69) is 49.9 Å². The summed E-state index contributed by atoms with van der Waals surface area (Å²) in [7, 11) is 0. The summed E-state index contributed by atoms with van der Waals surface area (Å²) in [5, 5.41) is 0. The third-order valence-electron chi connectivity index (χ3n) is 3.13. The SMILES string of the molecule is C=CCC(CCCCCC)c1ccccc1. The summed E-state index contributed by atoms with van der Waals surface area (Å²) in [6.07, 6.45) is 9.87. The number of rotatable bonds is 8. The normalized spacial score (nSPS) is 12.3. The van der Waals surface area contributed by atoms with E-state index < -0.39 is 0 Å². The van der Waals surface area contributed by atoms with Gasteiger partial charge in [-0.05, 0) is 24.3 Å². The van der Waals surface area contributed by atoms with E-state index in [1.54, 1.807) is 0 Å². The van der Waals surface area contributed by atoms with Gasteiger partial charge in [-0.1, -0.05) is 69.0 Å². The van der Waals surface area contributed by atoms with Gasteiger partial charge in [0.15, 0.2) is 0 Å². The topological polar surface area (TPSA) is 0 Å². The van der Waals surface area contributed by atoms with Gasteiger partial charge in [0.05, 0.1) is 0 Å². The lowest BCUT2D eigenvalue weighted by Gasteiger charge is -2.15. The van der Waals surface area contributed by atoms with Crippen molar-refractivity contribution in [2.24, 2.45) is 0 Å². The molecule has 0 heteroatoms. The van der Waals surface area contributed by atoms with E-state index >= 15 is 0 Å². The smallest absolute Gasteiger partial charge is 0.0127 e. The average molecular weight is 216 g/mol. The molecule has 1 atom stereocenters. The lowest BCUT2D eigenvalue weighted by molar-refractivity contribution is 0.557. The minimum atomic E-state index is 0.676. The van der Waals surface area contributed by atoms with Crippen LogP contribution < -0.4 is 0 Å². The molecular formula is C16H24. The van der Waals surface area contributed by atoms with Gasteiger partial charge >= 0.3 is 0 Å². The Morgan fingerprint density at radius 2 is 1.88 bits per heavy atom. The second kappa shape index (κ2) is 8.15. The van der Waals surface area contributed by atoms with Gasteiger partial charge in [0.1, 0.15) is 0 Å². The number of hydrogen-bond acceptors (Lipinski definition) is 0. The van der Waals surface area contributed by atoms with Crippen molar-refractivity contribution >= 4 is 0 Å². The molecule has 0 aliphatic carbocycles. The molecule has 0 aromatic heterocycles. The van der Waals surface area contributed by atoms with E-state index in [9.17, 15) is 0 Å². The zero-order valence-corrected chi connectivity index (χ0v) is 10.5. The number of allylic oxidation sites excluding steroid dienone is 1. The molecule has 16 heavy (non-hydrogen) atoms. The minimum absolute atomic E-state index is 0.676. The highest BCUT2D eigenvalue weighted by Gasteiger charge is 2.08. The highest BCUT2D eigenvalue weighted by Crippen LogP contribution is 2.26. The molecular weight excluding hydrogens is 192 g/mol. The van der Waals surface area contributed by atoms with Crippen molar-refractivity contribution in [1.82, 2.24) is 0 Å². The summed E-state index contributed by atoms with van der Waals surface area (Å²) >= 11 is 0. The molecule has 1 aromatic rings. The van der Waals surface area contributed by atoms with Crippen molar-refractivity contribution in [2.45, 2.75) is 51.4 Å². The summed E-state index contributed by atoms with van der Waals surface area (Å²) in [5.74, 6) is 0.676. The van der Waals surface area contributed by atoms with Gasteiger partial charge < -0.3 is 0 Å². The summed E-state index contributed by atoms with van der Waals surface area (Å²) in [6, 6.07) is 10.8. The number of unbranched alkanes of at least 4 members (excludes halogenated alkanes) is 3. The molecule has 0 aliphatic rings. The molecule has 0 N–H and O–H groups in total. The Hall–Kier alpha value is -1.04. The summed E-state index contributed by atoms with van der Waals surface area (Å²) in [5.41, 5.74) is 1.47. The van der Waals surface area contributed by atoms with E-state index in [1.165, 1.54) is 37.7 Å². The van der Waals surface area contributed by atoms with Crippen LogP contribution in [0.15, 0.2) is 43.0 Å². The fourth-order valence-electron chi connectivity index (χ4n) is 2.16. The predicted molar refractivity (Wildman–Crippen MR) is 72.8 cm³/mol. The third kappa shape index (κ3) is 4.65. The van der Waals surface area contributed by atoms with Gasteiger partial charge in [0, 0.05) is 0 Å². The molecule has 1 aromatic carbocycles. The van der Waals surface area contributed by atoms with Gasteiger partial charge in [-0.15, -0.1) is 6.58 Å². The summed E-state index contributed by atoms with van der Waals surface area (Å²) < 4.78 is 0. The van der Waals surface area contributed by atoms with Gasteiger partial charge in [-0.2, -0.15) is 0 Å². The van der Waals surface area contributed by atoms with Gasteiger partial charge in [0.2, 0.25) is 0 Å². The molecule has 0 heterocycles. The number of hydrogen-bond donors (Lipinski definition) is 0. The van der Waals surface area contributed by atoms with Crippen LogP contribution in [0.4, 0.5) is 0 Å². The van der Waals surface area contributed by atoms with Gasteiger partial charge in [-0.25, -0.2) is 0 Å². The van der Waals surface area contributed by atoms with Gasteiger partial charge in [0.25, 0.3) is 0 Å². The van der Waals surface area contributed by atoms with Crippen LogP contribution in [-0.2, 0) is 0 Å². The van der Waals surface area contributed by atoms with Gasteiger partial charge in [-0.3, -0.25) is 0 Å². The quantitative estimate of drug-likeness (QED) is 0.407. The maximum absolute atomic E-state index is 3.87. The Morgan fingerprint density at radius 3 is 2.50 bits per heavy atom. The van der Waals surface area contributed by atoms with Crippen LogP contribution in [0.2, 0.25) is 0 Å². The maximum atomic E-state index is 3.87. The van der Waals surface area contributed by atoms with Crippen LogP contribution in [0.1, 0.15) is 56.9 Å². The first-order chi connectivity index (χ1) is 7.88. The second-order valence-corrected chi connectivity index (χ2v) is 4.48. The first-order valence-electron chi connectivity index (χ1n) is 6.54. The van der Waals surface area contributed by atoms with Crippen molar-refractivity contribution < 1.29 is 0 Å². The predicted octanol–water partition coefficient (Wildman–Crippen LogP) is 5.32. The fraction of sp³-hybridized carbons (Fsp3) is 0.500. The maximum Gasteiger partial charge on any atom is -0.0127 e. The Balaban J connectivity index is 2.44. The van der Waals surface area contributed by atoms with E-state index in [-0.39, 0.29) is 0 Å². The third-order valence-corrected chi connectivity index (χ3v) is 3.13. The lowest BCUT2D eigenvalue weighted by Crippen LogP contribution is -1.97. The van der Waals surface area contributed by atoms with Crippen LogP contribution in [0.25, 0.3) is 0 Å². The van der Waals surface area contributed by atoms with Crippen LogP contribution in [0.5, 0.6) is 0 Å². The van der Waals surface area contributed by atoms with Crippen molar-refractivity contribution in [3.63, 3.8) is 0 Å². The highest BCUT2D eigenvalue weighted by molar-refractivity contribution is 5.20. The summed E-state index contributed by atoms with van der Waals surface area (Å²) in [6.45, 7) is 6.13. The van der Waals surface area contributed by atoms with Crippen molar-refractivity contribution in [2.75, 3.05) is 0 Å². The standard InChI is InChI=1S/C16H24/c1-3-5-6-8-12-15(11-4-2)16-13-9-7-10-14-16/h4,7,9-10,13-15H,2-3,5-6,8,11-12H2,1H3. The van der Waals surface area contributed by atoms with Crippen LogP contribution >= 0.6 is 0 Å². The van der Waals surface area contributed by atoms with E-state index in [1.807, 2.05) is 0 Å². The molecule has 0 fully saturated rings. The largest absolute Gasteiger partial charge is 0.103 e. The van der Waals surface area contributed by atoms with Crippen LogP contribution in [0, 0.1) is 0 Å². The molecule has 88 valence electrons. The molecule has 0 saturated heterocycles. The minimum Gasteiger partial charge on any atom is -0.103 e. The molecule has 1 rings (SSSR count). The summed E-state index contributed by atoms with van der Waals surface area (Å²) in [4.78, 5) is 0. The van der Waals surface area contributed by atoms with Crippen molar-refractivity contribution in [1.29, 1.82) is 0 Å². The number of benzene rings is 1. The fourth-order valence-corrected chi connectivity index (χ4v) is 2.16. The Morgan fingerprint density at radius 1 is 1.12 bits per heavy atom. The molecule has 1 unspecified atom stereocenters. The van der Waals surface area contributed by atoms with E-state index in [0.29, 0.717) is 5.92 Å². The monoisotopic (exact) mass is 216 g/mol. The first-order valence-corrected chi connectivity index (χ1v) is 6.54. The highest BCUT2D eigenvalue weighted by atomic mass is 14.1. The Labute approximate surface area is 100 Å². The Kier molecular flexibility index (Phi) is 6.64.